The van der Waals surface area contributed by atoms with Gasteiger partial charge in [0.15, 0.2) is 0 Å². The molecule has 0 heterocycles. The fourth-order valence-corrected chi connectivity index (χ4v) is 2.41. The number of nitro groups is 1. The van der Waals surface area contributed by atoms with E-state index in [2.05, 4.69) is 37.9 Å². The smallest absolute Gasteiger partial charge is 0.292 e. The lowest BCUT2D eigenvalue weighted by atomic mass is 10.2. The van der Waals surface area contributed by atoms with E-state index in [1.165, 1.54) is 12.1 Å². The number of nitrogens with one attached hydrogen (secondary N) is 1. The molecule has 0 spiro atoms. The molecule has 1 aromatic carbocycles. The molecule has 0 aliphatic heterocycles. The number of hydrogen-bond donors (Lipinski definition) is 1. The molecular formula is C14H22ClN3O2. The predicted molar refractivity (Wildman–Crippen MR) is 83.6 cm³/mol. The monoisotopic (exact) mass is 299 g/mol. The van der Waals surface area contributed by atoms with Gasteiger partial charge in [0.2, 0.25) is 0 Å². The van der Waals surface area contributed by atoms with Crippen molar-refractivity contribution in [3.8, 4) is 0 Å². The quantitative estimate of drug-likeness (QED) is 0.615. The molecule has 0 aromatic heterocycles. The fourth-order valence-electron chi connectivity index (χ4n) is 2.24. The van der Waals surface area contributed by atoms with Gasteiger partial charge in [0.25, 0.3) is 5.69 Å². The topological polar surface area (TPSA) is 58.4 Å². The van der Waals surface area contributed by atoms with Crippen LogP contribution in [0.15, 0.2) is 18.2 Å². The SMILES string of the molecule is CC(C)N(CCNc1cc(Cl)ccc1[N+](=O)[O-])C(C)C. The van der Waals surface area contributed by atoms with Crippen molar-refractivity contribution >= 4 is 23.0 Å². The summed E-state index contributed by atoms with van der Waals surface area (Å²) in [6.45, 7) is 10.0. The number of rotatable bonds is 7. The van der Waals surface area contributed by atoms with E-state index in [9.17, 15) is 10.1 Å². The van der Waals surface area contributed by atoms with Crippen molar-refractivity contribution in [2.45, 2.75) is 39.8 Å². The number of halogens is 1. The van der Waals surface area contributed by atoms with E-state index >= 15 is 0 Å². The van der Waals surface area contributed by atoms with Crippen LogP contribution in [-0.4, -0.2) is 35.0 Å². The highest BCUT2D eigenvalue weighted by molar-refractivity contribution is 6.31. The average molecular weight is 300 g/mol. The van der Waals surface area contributed by atoms with E-state index in [1.807, 2.05) is 0 Å². The highest BCUT2D eigenvalue weighted by Crippen LogP contribution is 2.27. The lowest BCUT2D eigenvalue weighted by molar-refractivity contribution is -0.384. The average Bonchev–Trinajstić information content (AvgIpc) is 2.33. The van der Waals surface area contributed by atoms with Gasteiger partial charge < -0.3 is 5.32 Å². The lowest BCUT2D eigenvalue weighted by Crippen LogP contribution is -2.40. The molecule has 0 aliphatic carbocycles. The second kappa shape index (κ2) is 7.45. The maximum atomic E-state index is 11.0. The molecule has 6 heteroatoms. The van der Waals surface area contributed by atoms with Crippen LogP contribution in [0.3, 0.4) is 0 Å². The van der Waals surface area contributed by atoms with Gasteiger partial charge in [-0.2, -0.15) is 0 Å². The van der Waals surface area contributed by atoms with Crippen LogP contribution in [0.1, 0.15) is 27.7 Å². The second-order valence-electron chi connectivity index (χ2n) is 5.27. The summed E-state index contributed by atoms with van der Waals surface area (Å²) >= 11 is 5.89. The van der Waals surface area contributed by atoms with Gasteiger partial charge >= 0.3 is 0 Å². The van der Waals surface area contributed by atoms with E-state index in [1.54, 1.807) is 6.07 Å². The normalized spacial score (nSPS) is 11.4. The molecule has 1 aromatic rings. The summed E-state index contributed by atoms with van der Waals surface area (Å²) in [6.07, 6.45) is 0. The Labute approximate surface area is 125 Å². The summed E-state index contributed by atoms with van der Waals surface area (Å²) in [6, 6.07) is 5.42. The molecule has 20 heavy (non-hydrogen) atoms. The van der Waals surface area contributed by atoms with Gasteiger partial charge in [0.1, 0.15) is 5.69 Å². The van der Waals surface area contributed by atoms with Gasteiger partial charge in [-0.25, -0.2) is 0 Å². The van der Waals surface area contributed by atoms with Crippen LogP contribution in [-0.2, 0) is 0 Å². The van der Waals surface area contributed by atoms with Crippen molar-refractivity contribution in [1.29, 1.82) is 0 Å². The van der Waals surface area contributed by atoms with E-state index in [0.717, 1.165) is 6.54 Å². The van der Waals surface area contributed by atoms with Crippen LogP contribution in [0.5, 0.6) is 0 Å². The van der Waals surface area contributed by atoms with Crippen LogP contribution < -0.4 is 5.32 Å². The molecular weight excluding hydrogens is 278 g/mol. The first-order chi connectivity index (χ1) is 9.32. The molecule has 5 nitrogen and oxygen atoms in total. The van der Waals surface area contributed by atoms with Crippen LogP contribution in [0.4, 0.5) is 11.4 Å². The zero-order chi connectivity index (χ0) is 15.3. The maximum Gasteiger partial charge on any atom is 0.292 e. The Morgan fingerprint density at radius 3 is 2.40 bits per heavy atom. The molecule has 0 atom stereocenters. The van der Waals surface area contributed by atoms with Gasteiger partial charge in [-0.1, -0.05) is 11.6 Å². The van der Waals surface area contributed by atoms with Crippen LogP contribution in [0, 0.1) is 10.1 Å². The third kappa shape index (κ3) is 4.65. The second-order valence-corrected chi connectivity index (χ2v) is 5.71. The Morgan fingerprint density at radius 1 is 1.30 bits per heavy atom. The molecule has 1 rings (SSSR count). The Balaban J connectivity index is 2.70. The van der Waals surface area contributed by atoms with Gasteiger partial charge in [0.05, 0.1) is 4.92 Å². The lowest BCUT2D eigenvalue weighted by Gasteiger charge is -2.30. The Morgan fingerprint density at radius 2 is 1.90 bits per heavy atom. The summed E-state index contributed by atoms with van der Waals surface area (Å²) in [5.41, 5.74) is 0.519. The fraction of sp³-hybridized carbons (Fsp3) is 0.571. The maximum absolute atomic E-state index is 11.0. The molecule has 0 unspecified atom stereocenters. The van der Waals surface area contributed by atoms with Crippen LogP contribution >= 0.6 is 11.6 Å². The molecule has 0 saturated heterocycles. The van der Waals surface area contributed by atoms with E-state index in [-0.39, 0.29) is 5.69 Å². The van der Waals surface area contributed by atoms with Crippen molar-refractivity contribution in [3.63, 3.8) is 0 Å². The minimum Gasteiger partial charge on any atom is -0.378 e. The minimum absolute atomic E-state index is 0.0510. The zero-order valence-electron chi connectivity index (χ0n) is 12.4. The van der Waals surface area contributed by atoms with Crippen molar-refractivity contribution in [3.05, 3.63) is 33.3 Å². The van der Waals surface area contributed by atoms with Gasteiger partial charge in [-0.3, -0.25) is 15.0 Å². The van der Waals surface area contributed by atoms with E-state index < -0.39 is 4.92 Å². The summed E-state index contributed by atoms with van der Waals surface area (Å²) in [5, 5.41) is 14.6. The molecule has 0 aliphatic rings. The van der Waals surface area contributed by atoms with Gasteiger partial charge in [-0.05, 0) is 39.8 Å². The molecule has 0 bridgehead atoms. The molecule has 112 valence electrons. The first-order valence-corrected chi connectivity index (χ1v) is 7.14. The summed E-state index contributed by atoms with van der Waals surface area (Å²) in [5.74, 6) is 0. The number of nitro benzene ring substituents is 1. The first-order valence-electron chi connectivity index (χ1n) is 6.76. The largest absolute Gasteiger partial charge is 0.378 e. The van der Waals surface area contributed by atoms with E-state index in [4.69, 9.17) is 11.6 Å². The molecule has 1 N–H and O–H groups in total. The van der Waals surface area contributed by atoms with Crippen molar-refractivity contribution in [2.24, 2.45) is 0 Å². The zero-order valence-corrected chi connectivity index (χ0v) is 13.1. The number of nitrogens with zero attached hydrogens (tertiary/aromatic N) is 2. The summed E-state index contributed by atoms with van der Waals surface area (Å²) < 4.78 is 0. The third-order valence-electron chi connectivity index (χ3n) is 3.17. The number of hydrogen-bond acceptors (Lipinski definition) is 4. The highest BCUT2D eigenvalue weighted by atomic mass is 35.5. The highest BCUT2D eigenvalue weighted by Gasteiger charge is 2.16. The van der Waals surface area contributed by atoms with Gasteiger partial charge in [-0.15, -0.1) is 0 Å². The molecule has 0 radical (unpaired) electrons. The Kier molecular flexibility index (Phi) is 6.23. The molecule has 0 amide bonds. The minimum atomic E-state index is -0.401. The standard InChI is InChI=1S/C14H22ClN3O2/c1-10(2)17(11(3)4)8-7-16-13-9-12(15)5-6-14(13)18(19)20/h5-6,9-11,16H,7-8H2,1-4H3. The first kappa shape index (κ1) is 16.7. The predicted octanol–water partition coefficient (Wildman–Crippen LogP) is 3.78. The molecule has 0 fully saturated rings. The molecule has 0 saturated carbocycles. The van der Waals surface area contributed by atoms with Crippen molar-refractivity contribution < 1.29 is 4.92 Å². The van der Waals surface area contributed by atoms with Crippen molar-refractivity contribution in [2.75, 3.05) is 18.4 Å². The number of benzene rings is 1. The van der Waals surface area contributed by atoms with Crippen molar-refractivity contribution in [1.82, 2.24) is 4.90 Å². The number of anilines is 1. The summed E-state index contributed by atoms with van der Waals surface area (Å²) in [4.78, 5) is 12.9. The Bertz CT molecular complexity index is 456. The third-order valence-corrected chi connectivity index (χ3v) is 3.40. The van der Waals surface area contributed by atoms with E-state index in [0.29, 0.717) is 29.3 Å². The van der Waals surface area contributed by atoms with Crippen LogP contribution in [0.25, 0.3) is 0 Å². The van der Waals surface area contributed by atoms with Crippen LogP contribution in [0.2, 0.25) is 5.02 Å². The Hall–Kier alpha value is -1.33. The summed E-state index contributed by atoms with van der Waals surface area (Å²) in [7, 11) is 0. The van der Waals surface area contributed by atoms with Gasteiger partial charge in [0, 0.05) is 36.3 Å².